The largest absolute Gasteiger partial charge is 0.478 e. The highest BCUT2D eigenvalue weighted by atomic mass is 16.4. The van der Waals surface area contributed by atoms with E-state index in [-0.39, 0.29) is 11.1 Å². The number of benzene rings is 1. The molecule has 0 saturated carbocycles. The molecule has 0 saturated heterocycles. The smallest absolute Gasteiger partial charge is 0.338 e. The standard InChI is InChI=1S/C15H22N2O3/c1-5-9-15(3,4)17-14(20)16-11-8-6-7-10(2)12(11)13(18)19/h6-8H,5,9H2,1-4H3,(H,18,19)(H2,16,17,20). The summed E-state index contributed by atoms with van der Waals surface area (Å²) in [7, 11) is 0. The van der Waals surface area contributed by atoms with Gasteiger partial charge >= 0.3 is 12.0 Å². The first-order valence-corrected chi connectivity index (χ1v) is 6.69. The summed E-state index contributed by atoms with van der Waals surface area (Å²) in [6.07, 6.45) is 1.80. The maximum atomic E-state index is 12.0. The molecule has 5 heteroatoms. The van der Waals surface area contributed by atoms with Crippen molar-refractivity contribution >= 4 is 17.7 Å². The number of carboxylic acid groups (broad SMARTS) is 1. The van der Waals surface area contributed by atoms with Gasteiger partial charge in [-0.25, -0.2) is 9.59 Å². The van der Waals surface area contributed by atoms with Gasteiger partial charge in [0.05, 0.1) is 11.3 Å². The molecule has 1 rings (SSSR count). The predicted octanol–water partition coefficient (Wildman–Crippen LogP) is 3.39. The molecule has 0 bridgehead atoms. The Bertz CT molecular complexity index is 510. The second-order valence-corrected chi connectivity index (χ2v) is 5.52. The second-order valence-electron chi connectivity index (χ2n) is 5.52. The van der Waals surface area contributed by atoms with E-state index in [1.54, 1.807) is 25.1 Å². The van der Waals surface area contributed by atoms with E-state index in [0.29, 0.717) is 11.3 Å². The summed E-state index contributed by atoms with van der Waals surface area (Å²) >= 11 is 0. The first kappa shape index (κ1) is 16.0. The number of hydrogen-bond donors (Lipinski definition) is 3. The first-order valence-electron chi connectivity index (χ1n) is 6.69. The second kappa shape index (κ2) is 6.41. The van der Waals surface area contributed by atoms with Crippen LogP contribution in [-0.4, -0.2) is 22.6 Å². The zero-order valence-corrected chi connectivity index (χ0v) is 12.4. The Balaban J connectivity index is 2.87. The summed E-state index contributed by atoms with van der Waals surface area (Å²) in [4.78, 5) is 23.2. The third-order valence-corrected chi connectivity index (χ3v) is 3.06. The minimum atomic E-state index is -1.05. The SMILES string of the molecule is CCCC(C)(C)NC(=O)Nc1cccc(C)c1C(=O)O. The molecule has 0 spiro atoms. The molecule has 5 nitrogen and oxygen atoms in total. The van der Waals surface area contributed by atoms with Crippen molar-refractivity contribution in [1.29, 1.82) is 0 Å². The van der Waals surface area contributed by atoms with Gasteiger partial charge in [-0.15, -0.1) is 0 Å². The van der Waals surface area contributed by atoms with Crippen LogP contribution < -0.4 is 10.6 Å². The average Bonchev–Trinajstić information content (AvgIpc) is 2.26. The molecule has 0 aromatic heterocycles. The highest BCUT2D eigenvalue weighted by molar-refractivity contribution is 6.01. The van der Waals surface area contributed by atoms with E-state index >= 15 is 0 Å². The fourth-order valence-corrected chi connectivity index (χ4v) is 2.20. The van der Waals surface area contributed by atoms with Crippen LogP contribution in [0.1, 0.15) is 49.5 Å². The van der Waals surface area contributed by atoms with Crippen molar-refractivity contribution in [2.45, 2.75) is 46.1 Å². The third kappa shape index (κ3) is 4.26. The van der Waals surface area contributed by atoms with Crippen molar-refractivity contribution in [3.05, 3.63) is 29.3 Å². The number of carbonyl (C=O) groups excluding carboxylic acids is 1. The lowest BCUT2D eigenvalue weighted by molar-refractivity contribution is 0.0697. The molecule has 110 valence electrons. The van der Waals surface area contributed by atoms with Crippen LogP contribution in [0, 0.1) is 6.92 Å². The van der Waals surface area contributed by atoms with Gasteiger partial charge < -0.3 is 15.7 Å². The third-order valence-electron chi connectivity index (χ3n) is 3.06. The lowest BCUT2D eigenvalue weighted by Gasteiger charge is -2.26. The van der Waals surface area contributed by atoms with Crippen LogP contribution in [0.3, 0.4) is 0 Å². The van der Waals surface area contributed by atoms with Gasteiger partial charge in [0, 0.05) is 5.54 Å². The van der Waals surface area contributed by atoms with E-state index in [0.717, 1.165) is 12.8 Å². The molecule has 1 aromatic carbocycles. The van der Waals surface area contributed by atoms with E-state index in [2.05, 4.69) is 10.6 Å². The lowest BCUT2D eigenvalue weighted by Crippen LogP contribution is -2.45. The normalized spacial score (nSPS) is 11.0. The molecule has 2 amide bonds. The molecule has 0 atom stereocenters. The summed E-state index contributed by atoms with van der Waals surface area (Å²) in [5.41, 5.74) is 0.716. The number of aromatic carboxylic acids is 1. The molecule has 0 radical (unpaired) electrons. The van der Waals surface area contributed by atoms with Crippen molar-refractivity contribution < 1.29 is 14.7 Å². The fraction of sp³-hybridized carbons (Fsp3) is 0.467. The van der Waals surface area contributed by atoms with Gasteiger partial charge in [-0.3, -0.25) is 0 Å². The van der Waals surface area contributed by atoms with Gasteiger partial charge in [0.25, 0.3) is 0 Å². The van der Waals surface area contributed by atoms with Gasteiger partial charge in [0.15, 0.2) is 0 Å². The number of amides is 2. The molecule has 0 aliphatic carbocycles. The van der Waals surface area contributed by atoms with Crippen molar-refractivity contribution in [1.82, 2.24) is 5.32 Å². The van der Waals surface area contributed by atoms with Crippen LogP contribution in [0.25, 0.3) is 0 Å². The molecule has 1 aromatic rings. The lowest BCUT2D eigenvalue weighted by atomic mass is 9.99. The Morgan fingerprint density at radius 2 is 1.95 bits per heavy atom. The van der Waals surface area contributed by atoms with Crippen molar-refractivity contribution in [2.75, 3.05) is 5.32 Å². The minimum absolute atomic E-state index is 0.121. The van der Waals surface area contributed by atoms with E-state index in [9.17, 15) is 14.7 Å². The Hall–Kier alpha value is -2.04. The summed E-state index contributed by atoms with van der Waals surface area (Å²) < 4.78 is 0. The van der Waals surface area contributed by atoms with E-state index in [1.165, 1.54) is 0 Å². The van der Waals surface area contributed by atoms with Crippen molar-refractivity contribution in [3.63, 3.8) is 0 Å². The molecule has 0 aliphatic rings. The molecule has 20 heavy (non-hydrogen) atoms. The molecular weight excluding hydrogens is 256 g/mol. The van der Waals surface area contributed by atoms with Gasteiger partial charge in [-0.1, -0.05) is 25.5 Å². The van der Waals surface area contributed by atoms with Gasteiger partial charge in [0.1, 0.15) is 0 Å². The van der Waals surface area contributed by atoms with Crippen molar-refractivity contribution in [2.24, 2.45) is 0 Å². The van der Waals surface area contributed by atoms with Crippen LogP contribution in [-0.2, 0) is 0 Å². The van der Waals surface area contributed by atoms with Crippen LogP contribution in [0.15, 0.2) is 18.2 Å². The monoisotopic (exact) mass is 278 g/mol. The molecule has 0 aliphatic heterocycles. The molecular formula is C15H22N2O3. The Labute approximate surface area is 119 Å². The molecule has 3 N–H and O–H groups in total. The summed E-state index contributed by atoms with van der Waals surface area (Å²) in [5.74, 6) is -1.05. The molecule has 0 unspecified atom stereocenters. The summed E-state index contributed by atoms with van der Waals surface area (Å²) in [5, 5.41) is 14.7. The van der Waals surface area contributed by atoms with E-state index in [1.807, 2.05) is 20.8 Å². The average molecular weight is 278 g/mol. The zero-order valence-electron chi connectivity index (χ0n) is 12.4. The maximum absolute atomic E-state index is 12.0. The number of carboxylic acids is 1. The zero-order chi connectivity index (χ0) is 15.3. The van der Waals surface area contributed by atoms with Crippen molar-refractivity contribution in [3.8, 4) is 0 Å². The first-order chi connectivity index (χ1) is 9.26. The van der Waals surface area contributed by atoms with Crippen LogP contribution >= 0.6 is 0 Å². The summed E-state index contributed by atoms with van der Waals surface area (Å²) in [6.45, 7) is 7.62. The van der Waals surface area contributed by atoms with E-state index in [4.69, 9.17) is 0 Å². The number of nitrogens with one attached hydrogen (secondary N) is 2. The Kier molecular flexibility index (Phi) is 5.13. The number of carbonyl (C=O) groups is 2. The molecule has 0 heterocycles. The van der Waals surface area contributed by atoms with Crippen LogP contribution in [0.2, 0.25) is 0 Å². The quantitative estimate of drug-likeness (QED) is 0.772. The number of aryl methyl sites for hydroxylation is 1. The Morgan fingerprint density at radius 3 is 2.50 bits per heavy atom. The van der Waals surface area contributed by atoms with Gasteiger partial charge in [0.2, 0.25) is 0 Å². The maximum Gasteiger partial charge on any atom is 0.338 e. The highest BCUT2D eigenvalue weighted by Gasteiger charge is 2.21. The minimum Gasteiger partial charge on any atom is -0.478 e. The number of rotatable bonds is 5. The fourth-order valence-electron chi connectivity index (χ4n) is 2.20. The molecule has 0 fully saturated rings. The number of anilines is 1. The topological polar surface area (TPSA) is 78.4 Å². The Morgan fingerprint density at radius 1 is 1.30 bits per heavy atom. The highest BCUT2D eigenvalue weighted by Crippen LogP contribution is 2.20. The summed E-state index contributed by atoms with van der Waals surface area (Å²) in [6, 6.07) is 4.61. The predicted molar refractivity (Wildman–Crippen MR) is 79.3 cm³/mol. The van der Waals surface area contributed by atoms with Crippen LogP contribution in [0.4, 0.5) is 10.5 Å². The van der Waals surface area contributed by atoms with Gasteiger partial charge in [-0.05, 0) is 38.8 Å². The number of urea groups is 1. The van der Waals surface area contributed by atoms with Gasteiger partial charge in [-0.2, -0.15) is 0 Å². The van der Waals surface area contributed by atoms with Crippen LogP contribution in [0.5, 0.6) is 0 Å². The number of hydrogen-bond acceptors (Lipinski definition) is 2. The van der Waals surface area contributed by atoms with E-state index < -0.39 is 12.0 Å².